The third-order valence-electron chi connectivity index (χ3n) is 1.53. The van der Waals surface area contributed by atoms with E-state index in [0.717, 1.165) is 15.0 Å². The Morgan fingerprint density at radius 3 is 2.45 bits per heavy atom. The van der Waals surface area contributed by atoms with Gasteiger partial charge in [0.15, 0.2) is 0 Å². The van der Waals surface area contributed by atoms with E-state index in [9.17, 15) is 0 Å². The maximum Gasteiger partial charge on any atom is 0.107 e. The summed E-state index contributed by atoms with van der Waals surface area (Å²) in [6, 6.07) is 0. The number of alkyl halides is 2. The Hall–Kier alpha value is 1.01. The minimum Gasteiger partial charge on any atom is -0.122 e. The second-order valence-electron chi connectivity index (χ2n) is 2.59. The van der Waals surface area contributed by atoms with Crippen molar-refractivity contribution in [2.45, 2.75) is 37.4 Å². The van der Waals surface area contributed by atoms with Crippen molar-refractivity contribution >= 4 is 31.8 Å². The third kappa shape index (κ3) is 11.0. The van der Waals surface area contributed by atoms with Crippen LogP contribution >= 0.6 is 31.8 Å². The Labute approximate surface area is 81.8 Å². The first-order chi connectivity index (χ1) is 5.27. The molecule has 0 nitrogen and oxygen atoms in total. The highest BCUT2D eigenvalue weighted by Gasteiger charge is 1.96. The maximum absolute atomic E-state index is 5.59. The van der Waals surface area contributed by atoms with Crippen molar-refractivity contribution in [3.63, 3.8) is 0 Å². The fourth-order valence-corrected chi connectivity index (χ4v) is 2.06. The maximum atomic E-state index is 5.59. The molecule has 0 rings (SSSR count). The van der Waals surface area contributed by atoms with Crippen molar-refractivity contribution in [2.24, 2.45) is 0 Å². The van der Waals surface area contributed by atoms with Crippen molar-refractivity contribution in [3.05, 3.63) is 0 Å². The quantitative estimate of drug-likeness (QED) is 0.341. The number of rotatable bonds is 7. The van der Waals surface area contributed by atoms with Crippen LogP contribution < -0.4 is 0 Å². The van der Waals surface area contributed by atoms with Crippen LogP contribution in [0.1, 0.15) is 32.6 Å². The predicted octanol–water partition coefficient (Wildman–Crippen LogP) is 4.05. The van der Waals surface area contributed by atoms with Crippen molar-refractivity contribution in [1.29, 1.82) is 0 Å². The summed E-state index contributed by atoms with van der Waals surface area (Å²) in [5, 5.41) is 0. The van der Waals surface area contributed by atoms with E-state index in [1.165, 1.54) is 31.6 Å². The van der Waals surface area contributed by atoms with Gasteiger partial charge in [0, 0.05) is 0 Å². The molecule has 0 spiro atoms. The Kier molecular flexibility index (Phi) is 9.94. The van der Waals surface area contributed by atoms with Crippen molar-refractivity contribution in [2.75, 3.05) is 12.3 Å². The molecular formula is C8H17Cl2P. The molecule has 0 aliphatic heterocycles. The SMILES string of the molecule is CCPCCCCCC(Cl)Cl. The number of hydrogen-bond donors (Lipinski definition) is 0. The second kappa shape index (κ2) is 9.10. The van der Waals surface area contributed by atoms with Gasteiger partial charge >= 0.3 is 0 Å². The molecule has 0 heterocycles. The largest absolute Gasteiger partial charge is 0.122 e. The van der Waals surface area contributed by atoms with E-state index < -0.39 is 0 Å². The molecule has 0 aliphatic carbocycles. The predicted molar refractivity (Wildman–Crippen MR) is 57.7 cm³/mol. The molecule has 11 heavy (non-hydrogen) atoms. The Balaban J connectivity index is 2.80. The molecule has 0 N–H and O–H groups in total. The Bertz CT molecular complexity index is 76.5. The standard InChI is InChI=1S/C8H17Cl2P/c1-2-11-7-5-3-4-6-8(9)10/h8,11H,2-7H2,1H3. The number of hydrogen-bond acceptors (Lipinski definition) is 0. The molecular weight excluding hydrogens is 198 g/mol. The van der Waals surface area contributed by atoms with Gasteiger partial charge in [-0.3, -0.25) is 0 Å². The minimum atomic E-state index is -0.149. The normalized spacial score (nSPS) is 12.0. The molecule has 0 bridgehead atoms. The number of unbranched alkanes of at least 4 members (excludes halogenated alkanes) is 2. The van der Waals surface area contributed by atoms with Gasteiger partial charge < -0.3 is 0 Å². The summed E-state index contributed by atoms with van der Waals surface area (Å²) < 4.78 is 0. The Morgan fingerprint density at radius 2 is 1.91 bits per heavy atom. The summed E-state index contributed by atoms with van der Waals surface area (Å²) in [7, 11) is 1.15. The lowest BCUT2D eigenvalue weighted by atomic mass is 10.2. The molecule has 0 aromatic heterocycles. The topological polar surface area (TPSA) is 0 Å². The molecule has 0 aliphatic rings. The van der Waals surface area contributed by atoms with Crippen molar-refractivity contribution in [3.8, 4) is 0 Å². The average Bonchev–Trinajstić information content (AvgIpc) is 1.96. The van der Waals surface area contributed by atoms with E-state index in [1.54, 1.807) is 0 Å². The van der Waals surface area contributed by atoms with E-state index in [0.29, 0.717) is 0 Å². The summed E-state index contributed by atoms with van der Waals surface area (Å²) in [5.74, 6) is 0. The first kappa shape index (κ1) is 12.0. The van der Waals surface area contributed by atoms with Crippen LogP contribution in [0.25, 0.3) is 0 Å². The van der Waals surface area contributed by atoms with Gasteiger partial charge in [0.2, 0.25) is 0 Å². The average molecular weight is 215 g/mol. The zero-order valence-electron chi connectivity index (χ0n) is 7.08. The summed E-state index contributed by atoms with van der Waals surface area (Å²) in [6.45, 7) is 2.24. The van der Waals surface area contributed by atoms with Gasteiger partial charge in [-0.1, -0.05) is 19.8 Å². The van der Waals surface area contributed by atoms with Crippen LogP contribution in [0.5, 0.6) is 0 Å². The van der Waals surface area contributed by atoms with E-state index >= 15 is 0 Å². The van der Waals surface area contributed by atoms with Gasteiger partial charge in [-0.05, 0) is 25.2 Å². The molecule has 0 fully saturated rings. The van der Waals surface area contributed by atoms with Gasteiger partial charge in [-0.15, -0.1) is 31.8 Å². The van der Waals surface area contributed by atoms with Gasteiger partial charge in [-0.25, -0.2) is 0 Å². The van der Waals surface area contributed by atoms with Crippen LogP contribution in [0, 0.1) is 0 Å². The highest BCUT2D eigenvalue weighted by atomic mass is 35.5. The van der Waals surface area contributed by atoms with Crippen LogP contribution in [0.15, 0.2) is 0 Å². The summed E-state index contributed by atoms with van der Waals surface area (Å²) in [6.07, 6.45) is 7.53. The summed E-state index contributed by atoms with van der Waals surface area (Å²) in [4.78, 5) is -0.149. The first-order valence-electron chi connectivity index (χ1n) is 4.26. The highest BCUT2D eigenvalue weighted by molar-refractivity contribution is 7.37. The lowest BCUT2D eigenvalue weighted by molar-refractivity contribution is 0.696. The van der Waals surface area contributed by atoms with Crippen molar-refractivity contribution in [1.82, 2.24) is 0 Å². The van der Waals surface area contributed by atoms with E-state index in [4.69, 9.17) is 23.2 Å². The van der Waals surface area contributed by atoms with Crippen LogP contribution in [-0.4, -0.2) is 17.2 Å². The van der Waals surface area contributed by atoms with Crippen molar-refractivity contribution < 1.29 is 0 Å². The zero-order chi connectivity index (χ0) is 8.53. The molecule has 3 heteroatoms. The van der Waals surface area contributed by atoms with E-state index in [1.807, 2.05) is 0 Å². The van der Waals surface area contributed by atoms with Crippen LogP contribution in [-0.2, 0) is 0 Å². The Morgan fingerprint density at radius 1 is 1.18 bits per heavy atom. The molecule has 1 unspecified atom stereocenters. The van der Waals surface area contributed by atoms with Crippen LogP contribution in [0.4, 0.5) is 0 Å². The fourth-order valence-electron chi connectivity index (χ4n) is 0.902. The van der Waals surface area contributed by atoms with Gasteiger partial charge in [0.05, 0.1) is 0 Å². The molecule has 0 saturated heterocycles. The lowest BCUT2D eigenvalue weighted by Gasteiger charge is -2.00. The third-order valence-corrected chi connectivity index (χ3v) is 3.17. The molecule has 0 amide bonds. The van der Waals surface area contributed by atoms with Gasteiger partial charge in [0.25, 0.3) is 0 Å². The monoisotopic (exact) mass is 214 g/mol. The second-order valence-corrected chi connectivity index (χ2v) is 5.58. The first-order valence-corrected chi connectivity index (χ1v) is 6.55. The van der Waals surface area contributed by atoms with Crippen LogP contribution in [0.3, 0.4) is 0 Å². The molecule has 0 saturated carbocycles. The molecule has 0 aromatic carbocycles. The molecule has 0 aromatic rings. The minimum absolute atomic E-state index is 0.149. The van der Waals surface area contributed by atoms with Crippen LogP contribution in [0.2, 0.25) is 0 Å². The smallest absolute Gasteiger partial charge is 0.107 e. The molecule has 1 atom stereocenters. The molecule has 0 radical (unpaired) electrons. The number of halogens is 2. The summed E-state index contributed by atoms with van der Waals surface area (Å²) in [5.41, 5.74) is 0. The molecule has 68 valence electrons. The van der Waals surface area contributed by atoms with Gasteiger partial charge in [0.1, 0.15) is 4.84 Å². The highest BCUT2D eigenvalue weighted by Crippen LogP contribution is 2.15. The van der Waals surface area contributed by atoms with E-state index in [-0.39, 0.29) is 4.84 Å². The summed E-state index contributed by atoms with van der Waals surface area (Å²) >= 11 is 11.2. The van der Waals surface area contributed by atoms with E-state index in [2.05, 4.69) is 6.92 Å². The fraction of sp³-hybridized carbons (Fsp3) is 1.00. The zero-order valence-corrected chi connectivity index (χ0v) is 9.59. The van der Waals surface area contributed by atoms with Gasteiger partial charge in [-0.2, -0.15) is 0 Å². The lowest BCUT2D eigenvalue weighted by Crippen LogP contribution is -1.87.